The molecule has 158 valence electrons. The summed E-state index contributed by atoms with van der Waals surface area (Å²) < 4.78 is 27.6. The third kappa shape index (κ3) is 4.82. The molecule has 0 amide bonds. The van der Waals surface area contributed by atoms with Crippen molar-refractivity contribution in [2.24, 2.45) is 0 Å². The molecule has 6 heteroatoms. The summed E-state index contributed by atoms with van der Waals surface area (Å²) in [6.45, 7) is 3.66. The van der Waals surface area contributed by atoms with E-state index in [-0.39, 0.29) is 11.3 Å². The first-order valence-electron chi connectivity index (χ1n) is 10.6. The number of hydrogen-bond acceptors (Lipinski definition) is 4. The lowest BCUT2D eigenvalue weighted by molar-refractivity contribution is 0.571. The Morgan fingerprint density at radius 1 is 1.10 bits per heavy atom. The number of nitrogens with zero attached hydrogens (tertiary/aromatic N) is 2. The Morgan fingerprint density at radius 3 is 2.53 bits per heavy atom. The largest absolute Gasteiger partial charge is 0.333 e. The van der Waals surface area contributed by atoms with Crippen molar-refractivity contribution in [3.8, 4) is 0 Å². The molecular weight excluding hydrogens is 394 g/mol. The molecule has 0 spiro atoms. The zero-order valence-electron chi connectivity index (χ0n) is 17.4. The van der Waals surface area contributed by atoms with Crippen molar-refractivity contribution >= 4 is 9.84 Å². The van der Waals surface area contributed by atoms with Crippen molar-refractivity contribution in [2.75, 3.05) is 0 Å². The standard InChI is InChI=1S/C24H29N3O2S/c1-19(22-9-11-24(12-10-22)30(28,29)23-7-2-3-8-23)26-16-20-5-4-6-21(15-20)17-27-14-13-25-18-27/h4-6,9-15,18-19,23,26H,2-3,7-8,16-17H2,1H3. The molecule has 1 atom stereocenters. The maximum atomic E-state index is 12.8. The fourth-order valence-corrected chi connectivity index (χ4v) is 6.01. The van der Waals surface area contributed by atoms with Gasteiger partial charge in [0.1, 0.15) is 0 Å². The van der Waals surface area contributed by atoms with Gasteiger partial charge in [-0.1, -0.05) is 49.2 Å². The van der Waals surface area contributed by atoms with Gasteiger partial charge in [0.25, 0.3) is 0 Å². The van der Waals surface area contributed by atoms with Crippen LogP contribution in [0.15, 0.2) is 72.1 Å². The first-order valence-corrected chi connectivity index (χ1v) is 12.2. The summed E-state index contributed by atoms with van der Waals surface area (Å²) in [6, 6.07) is 16.1. The van der Waals surface area contributed by atoms with Gasteiger partial charge in [-0.25, -0.2) is 13.4 Å². The molecule has 0 saturated heterocycles. The van der Waals surface area contributed by atoms with E-state index in [2.05, 4.69) is 46.1 Å². The number of hydrogen-bond donors (Lipinski definition) is 1. The highest BCUT2D eigenvalue weighted by Gasteiger charge is 2.30. The summed E-state index contributed by atoms with van der Waals surface area (Å²) in [7, 11) is -3.19. The Kier molecular flexibility index (Phi) is 6.35. The number of nitrogens with one attached hydrogen (secondary N) is 1. The van der Waals surface area contributed by atoms with Crippen LogP contribution in [-0.2, 0) is 22.9 Å². The summed E-state index contributed by atoms with van der Waals surface area (Å²) in [5.74, 6) is 0. The second kappa shape index (κ2) is 9.14. The van der Waals surface area contributed by atoms with Crippen LogP contribution < -0.4 is 5.32 Å². The smallest absolute Gasteiger partial charge is 0.181 e. The second-order valence-corrected chi connectivity index (χ2v) is 10.4. The molecule has 5 nitrogen and oxygen atoms in total. The van der Waals surface area contributed by atoms with Crippen LogP contribution in [0.4, 0.5) is 0 Å². The molecule has 0 bridgehead atoms. The Bertz CT molecular complexity index is 1050. The molecule has 1 aliphatic carbocycles. The van der Waals surface area contributed by atoms with Crippen molar-refractivity contribution in [3.63, 3.8) is 0 Å². The van der Waals surface area contributed by atoms with Crippen molar-refractivity contribution in [1.29, 1.82) is 0 Å². The van der Waals surface area contributed by atoms with Gasteiger partial charge in [-0.3, -0.25) is 0 Å². The number of imidazole rings is 1. The van der Waals surface area contributed by atoms with Gasteiger partial charge in [0.2, 0.25) is 0 Å². The van der Waals surface area contributed by atoms with E-state index in [4.69, 9.17) is 0 Å². The first-order chi connectivity index (χ1) is 14.5. The van der Waals surface area contributed by atoms with Gasteiger partial charge in [0.05, 0.1) is 16.5 Å². The minimum Gasteiger partial charge on any atom is -0.333 e. The lowest BCUT2D eigenvalue weighted by Crippen LogP contribution is -2.19. The van der Waals surface area contributed by atoms with E-state index in [1.165, 1.54) is 11.1 Å². The van der Waals surface area contributed by atoms with Crippen molar-refractivity contribution in [1.82, 2.24) is 14.9 Å². The Balaban J connectivity index is 1.37. The summed E-state index contributed by atoms with van der Waals surface area (Å²) in [5.41, 5.74) is 3.55. The van der Waals surface area contributed by atoms with Crippen LogP contribution in [0.2, 0.25) is 0 Å². The first kappa shape index (κ1) is 20.8. The Hall–Kier alpha value is -2.44. The summed E-state index contributed by atoms with van der Waals surface area (Å²) in [6.07, 6.45) is 9.20. The van der Waals surface area contributed by atoms with Crippen molar-refractivity contribution in [2.45, 2.75) is 61.9 Å². The highest BCUT2D eigenvalue weighted by molar-refractivity contribution is 7.92. The topological polar surface area (TPSA) is 64.0 Å². The zero-order chi connectivity index (χ0) is 21.0. The molecule has 30 heavy (non-hydrogen) atoms. The molecule has 1 saturated carbocycles. The molecule has 1 N–H and O–H groups in total. The van der Waals surface area contributed by atoms with E-state index in [0.717, 1.165) is 44.3 Å². The molecule has 3 aromatic rings. The van der Waals surface area contributed by atoms with Gasteiger partial charge < -0.3 is 9.88 Å². The monoisotopic (exact) mass is 423 g/mol. The Morgan fingerprint density at radius 2 is 1.83 bits per heavy atom. The lowest BCUT2D eigenvalue weighted by Gasteiger charge is -2.16. The number of rotatable bonds is 8. The average molecular weight is 424 g/mol. The fourth-order valence-electron chi connectivity index (χ4n) is 4.16. The third-order valence-electron chi connectivity index (χ3n) is 5.98. The van der Waals surface area contributed by atoms with E-state index >= 15 is 0 Å². The molecule has 1 heterocycles. The molecule has 0 radical (unpaired) electrons. The summed E-state index contributed by atoms with van der Waals surface area (Å²) in [4.78, 5) is 4.55. The minimum absolute atomic E-state index is 0.130. The Labute approximate surface area is 179 Å². The maximum absolute atomic E-state index is 12.8. The molecule has 4 rings (SSSR count). The van der Waals surface area contributed by atoms with Gasteiger partial charge in [0.15, 0.2) is 9.84 Å². The normalized spacial score (nSPS) is 16.0. The highest BCUT2D eigenvalue weighted by atomic mass is 32.2. The van der Waals surface area contributed by atoms with Crippen LogP contribution in [0.3, 0.4) is 0 Å². The molecule has 2 aromatic carbocycles. The lowest BCUT2D eigenvalue weighted by atomic mass is 10.1. The van der Waals surface area contributed by atoms with Gasteiger partial charge >= 0.3 is 0 Å². The van der Waals surface area contributed by atoms with Crippen LogP contribution in [-0.4, -0.2) is 23.2 Å². The van der Waals surface area contributed by atoms with E-state index in [1.54, 1.807) is 18.3 Å². The van der Waals surface area contributed by atoms with E-state index in [0.29, 0.717) is 4.90 Å². The molecule has 0 aliphatic heterocycles. The molecule has 1 aromatic heterocycles. The SMILES string of the molecule is CC(NCc1cccc(Cn2ccnc2)c1)c1ccc(S(=O)(=O)C2CCCC2)cc1. The van der Waals surface area contributed by atoms with Crippen molar-refractivity contribution < 1.29 is 8.42 Å². The number of sulfone groups is 1. The molecular formula is C24H29N3O2S. The number of benzene rings is 2. The number of aromatic nitrogens is 2. The van der Waals surface area contributed by atoms with Gasteiger partial charge in [-0.05, 0) is 48.6 Å². The second-order valence-electron chi connectivity index (χ2n) is 8.18. The highest BCUT2D eigenvalue weighted by Crippen LogP contribution is 2.30. The van der Waals surface area contributed by atoms with Gasteiger partial charge in [0, 0.05) is 31.5 Å². The fraction of sp³-hybridized carbons (Fsp3) is 0.375. The quantitative estimate of drug-likeness (QED) is 0.579. The molecule has 1 aliphatic rings. The molecule has 1 unspecified atom stereocenters. The average Bonchev–Trinajstić information content (AvgIpc) is 3.47. The minimum atomic E-state index is -3.19. The van der Waals surface area contributed by atoms with Crippen LogP contribution in [0.25, 0.3) is 0 Å². The van der Waals surface area contributed by atoms with E-state index < -0.39 is 9.84 Å². The van der Waals surface area contributed by atoms with Gasteiger partial charge in [-0.15, -0.1) is 0 Å². The molecule has 1 fully saturated rings. The predicted octanol–water partition coefficient (Wildman–Crippen LogP) is 4.50. The van der Waals surface area contributed by atoms with Crippen molar-refractivity contribution in [3.05, 3.63) is 83.9 Å². The maximum Gasteiger partial charge on any atom is 0.181 e. The van der Waals surface area contributed by atoms with Gasteiger partial charge in [-0.2, -0.15) is 0 Å². The van der Waals surface area contributed by atoms with Crippen LogP contribution >= 0.6 is 0 Å². The zero-order valence-corrected chi connectivity index (χ0v) is 18.2. The van der Waals surface area contributed by atoms with E-state index in [9.17, 15) is 8.42 Å². The predicted molar refractivity (Wildman–Crippen MR) is 119 cm³/mol. The third-order valence-corrected chi connectivity index (χ3v) is 8.26. The van der Waals surface area contributed by atoms with Crippen LogP contribution in [0.1, 0.15) is 55.3 Å². The van der Waals surface area contributed by atoms with E-state index in [1.807, 2.05) is 24.7 Å². The summed E-state index contributed by atoms with van der Waals surface area (Å²) >= 11 is 0. The van der Waals surface area contributed by atoms with Crippen LogP contribution in [0, 0.1) is 0 Å². The summed E-state index contributed by atoms with van der Waals surface area (Å²) in [5, 5.41) is 3.35. The van der Waals surface area contributed by atoms with Crippen LogP contribution in [0.5, 0.6) is 0 Å².